The van der Waals surface area contributed by atoms with Gasteiger partial charge in [-0.2, -0.15) is 0 Å². The lowest BCUT2D eigenvalue weighted by Gasteiger charge is -2.50. The van der Waals surface area contributed by atoms with Crippen LogP contribution in [0.4, 0.5) is 0 Å². The van der Waals surface area contributed by atoms with Crippen LogP contribution in [0.3, 0.4) is 0 Å². The first-order chi connectivity index (χ1) is 6.91. The van der Waals surface area contributed by atoms with Crippen molar-refractivity contribution < 1.29 is 0 Å². The van der Waals surface area contributed by atoms with Crippen molar-refractivity contribution in [3.63, 3.8) is 0 Å². The van der Waals surface area contributed by atoms with E-state index in [1.165, 1.54) is 32.1 Å². The van der Waals surface area contributed by atoms with E-state index in [1.54, 1.807) is 0 Å². The molecule has 0 saturated heterocycles. The molecule has 0 heteroatoms. The summed E-state index contributed by atoms with van der Waals surface area (Å²) in [7, 11) is 0. The molecule has 2 atom stereocenters. The van der Waals surface area contributed by atoms with Crippen LogP contribution in [-0.4, -0.2) is 0 Å². The van der Waals surface area contributed by atoms with E-state index in [-0.39, 0.29) is 0 Å². The molecule has 0 bridgehead atoms. The van der Waals surface area contributed by atoms with E-state index in [0.717, 1.165) is 5.92 Å². The van der Waals surface area contributed by atoms with Gasteiger partial charge in [-0.1, -0.05) is 74.1 Å². The van der Waals surface area contributed by atoms with Crippen molar-refractivity contribution in [1.82, 2.24) is 0 Å². The molecule has 0 heterocycles. The van der Waals surface area contributed by atoms with E-state index in [4.69, 9.17) is 0 Å². The molecule has 92 valence electrons. The van der Waals surface area contributed by atoms with Crippen LogP contribution in [0.15, 0.2) is 0 Å². The first kappa shape index (κ1) is 15.0. The molecule has 15 heavy (non-hydrogen) atoms. The summed E-state index contributed by atoms with van der Waals surface area (Å²) < 4.78 is 0. The van der Waals surface area contributed by atoms with Crippen molar-refractivity contribution in [2.75, 3.05) is 0 Å². The third-order valence-electron chi connectivity index (χ3n) is 5.48. The molecule has 0 aliphatic carbocycles. The maximum absolute atomic E-state index is 2.51. The van der Waals surface area contributed by atoms with Crippen LogP contribution >= 0.6 is 0 Å². The van der Waals surface area contributed by atoms with Gasteiger partial charge in [0.25, 0.3) is 0 Å². The minimum absolute atomic E-state index is 0.506. The van der Waals surface area contributed by atoms with Crippen LogP contribution in [-0.2, 0) is 0 Å². The number of hydrogen-bond donors (Lipinski definition) is 0. The fraction of sp³-hybridized carbons (Fsp3) is 1.00. The van der Waals surface area contributed by atoms with Crippen molar-refractivity contribution in [2.45, 2.75) is 80.6 Å². The zero-order valence-electron chi connectivity index (χ0n) is 12.1. The minimum atomic E-state index is 0.506. The summed E-state index contributed by atoms with van der Waals surface area (Å²) in [5.41, 5.74) is 1.02. The minimum Gasteiger partial charge on any atom is -0.0654 e. The first-order valence-corrected chi connectivity index (χ1v) is 6.91. The van der Waals surface area contributed by atoms with E-state index < -0.39 is 0 Å². The second-order valence-corrected chi connectivity index (χ2v) is 5.73. The highest BCUT2D eigenvalue weighted by molar-refractivity contribution is 4.93. The van der Waals surface area contributed by atoms with E-state index in [0.29, 0.717) is 10.8 Å². The molecule has 0 aromatic rings. The predicted octanol–water partition coefficient (Wildman–Crippen LogP) is 5.67. The van der Waals surface area contributed by atoms with Gasteiger partial charge in [-0.05, 0) is 23.2 Å². The highest BCUT2D eigenvalue weighted by Crippen LogP contribution is 2.52. The Hall–Kier alpha value is 0. The Morgan fingerprint density at radius 3 is 1.60 bits per heavy atom. The zero-order valence-corrected chi connectivity index (χ0v) is 12.1. The summed E-state index contributed by atoms with van der Waals surface area (Å²) in [4.78, 5) is 0. The first-order valence-electron chi connectivity index (χ1n) is 6.91. The van der Waals surface area contributed by atoms with Crippen LogP contribution in [0.2, 0.25) is 0 Å². The van der Waals surface area contributed by atoms with Gasteiger partial charge in [-0.3, -0.25) is 0 Å². The quantitative estimate of drug-likeness (QED) is 0.510. The van der Waals surface area contributed by atoms with E-state index in [1.807, 2.05) is 0 Å². The summed E-state index contributed by atoms with van der Waals surface area (Å²) in [6.45, 7) is 16.9. The van der Waals surface area contributed by atoms with Gasteiger partial charge in [0.2, 0.25) is 0 Å². The van der Waals surface area contributed by atoms with Gasteiger partial charge in [0.1, 0.15) is 0 Å². The summed E-state index contributed by atoms with van der Waals surface area (Å²) in [5.74, 6) is 0.845. The lowest BCUT2D eigenvalue weighted by molar-refractivity contribution is -0.00281. The largest absolute Gasteiger partial charge is 0.0654 e. The van der Waals surface area contributed by atoms with Crippen LogP contribution < -0.4 is 0 Å². The van der Waals surface area contributed by atoms with E-state index in [9.17, 15) is 0 Å². The topological polar surface area (TPSA) is 0 Å². The summed E-state index contributed by atoms with van der Waals surface area (Å²) in [6, 6.07) is 0. The van der Waals surface area contributed by atoms with Gasteiger partial charge >= 0.3 is 0 Å². The summed E-state index contributed by atoms with van der Waals surface area (Å²) in [5, 5.41) is 0. The molecule has 0 rings (SSSR count). The molecule has 0 nitrogen and oxygen atoms in total. The molecule has 0 aromatic carbocycles. The summed E-state index contributed by atoms with van der Waals surface area (Å²) >= 11 is 0. The van der Waals surface area contributed by atoms with Crippen LogP contribution in [0.1, 0.15) is 80.6 Å². The lowest BCUT2D eigenvalue weighted by atomic mass is 9.55. The second-order valence-electron chi connectivity index (χ2n) is 5.73. The fourth-order valence-corrected chi connectivity index (χ4v) is 3.18. The molecule has 0 aromatic heterocycles. The molecule has 0 aliphatic rings. The van der Waals surface area contributed by atoms with Gasteiger partial charge in [0, 0.05) is 0 Å². The van der Waals surface area contributed by atoms with Crippen LogP contribution in [0.5, 0.6) is 0 Å². The molecule has 0 radical (unpaired) electrons. The molecule has 0 spiro atoms. The molecule has 0 N–H and O–H groups in total. The molecular weight excluding hydrogens is 180 g/mol. The molecule has 0 saturated carbocycles. The maximum atomic E-state index is 2.51. The predicted molar refractivity (Wildman–Crippen MR) is 71.2 cm³/mol. The van der Waals surface area contributed by atoms with Crippen molar-refractivity contribution in [1.29, 1.82) is 0 Å². The zero-order chi connectivity index (χ0) is 12.1. The highest BCUT2D eigenvalue weighted by atomic mass is 14.5. The average Bonchev–Trinajstić information content (AvgIpc) is 2.26. The molecule has 0 amide bonds. The molecule has 0 aliphatic heterocycles. The molecular formula is C15H32. The van der Waals surface area contributed by atoms with E-state index >= 15 is 0 Å². The van der Waals surface area contributed by atoms with Crippen LogP contribution in [0.25, 0.3) is 0 Å². The van der Waals surface area contributed by atoms with Crippen LogP contribution in [0, 0.1) is 16.7 Å². The van der Waals surface area contributed by atoms with E-state index in [2.05, 4.69) is 48.5 Å². The molecule has 2 unspecified atom stereocenters. The van der Waals surface area contributed by atoms with Crippen molar-refractivity contribution >= 4 is 0 Å². The third-order valence-corrected chi connectivity index (χ3v) is 5.48. The van der Waals surface area contributed by atoms with Crippen molar-refractivity contribution in [2.24, 2.45) is 16.7 Å². The standard InChI is InChI=1S/C15H32/c1-8-12-13(5)15(7,11-4)14(6,9-2)10-3/h13H,8-12H2,1-7H3. The van der Waals surface area contributed by atoms with Gasteiger partial charge in [-0.15, -0.1) is 0 Å². The maximum Gasteiger partial charge on any atom is -0.0249 e. The Bertz CT molecular complexity index is 167. The van der Waals surface area contributed by atoms with Crippen molar-refractivity contribution in [3.05, 3.63) is 0 Å². The second kappa shape index (κ2) is 5.92. The monoisotopic (exact) mass is 212 g/mol. The summed E-state index contributed by atoms with van der Waals surface area (Å²) in [6.07, 6.45) is 6.62. The average molecular weight is 212 g/mol. The van der Waals surface area contributed by atoms with Crippen molar-refractivity contribution in [3.8, 4) is 0 Å². The van der Waals surface area contributed by atoms with Gasteiger partial charge < -0.3 is 0 Å². The third kappa shape index (κ3) is 2.77. The van der Waals surface area contributed by atoms with Gasteiger partial charge in [-0.25, -0.2) is 0 Å². The normalized spacial score (nSPS) is 18.6. The lowest BCUT2D eigenvalue weighted by Crippen LogP contribution is -2.41. The number of hydrogen-bond acceptors (Lipinski definition) is 0. The Balaban J connectivity index is 4.96. The highest BCUT2D eigenvalue weighted by Gasteiger charge is 2.43. The fourth-order valence-electron chi connectivity index (χ4n) is 3.18. The Kier molecular flexibility index (Phi) is 5.92. The SMILES string of the molecule is CCCC(C)C(C)(CC)C(C)(CC)CC. The van der Waals surface area contributed by atoms with Gasteiger partial charge in [0.05, 0.1) is 0 Å². The molecule has 0 fully saturated rings. The number of rotatable bonds is 7. The van der Waals surface area contributed by atoms with Gasteiger partial charge in [0.15, 0.2) is 0 Å². The Labute approximate surface area is 97.8 Å². The Morgan fingerprint density at radius 1 is 0.867 bits per heavy atom. The Morgan fingerprint density at radius 2 is 1.33 bits per heavy atom. The smallest absolute Gasteiger partial charge is 0.0249 e.